The van der Waals surface area contributed by atoms with Crippen LogP contribution in [0.5, 0.6) is 0 Å². The van der Waals surface area contributed by atoms with Crippen LogP contribution in [0.2, 0.25) is 0 Å². The van der Waals surface area contributed by atoms with Crippen molar-refractivity contribution < 1.29 is 4.79 Å². The third-order valence-corrected chi connectivity index (χ3v) is 3.53. The summed E-state index contributed by atoms with van der Waals surface area (Å²) < 4.78 is 0. The molecule has 0 bridgehead atoms. The van der Waals surface area contributed by atoms with Gasteiger partial charge in [0.15, 0.2) is 0 Å². The zero-order chi connectivity index (χ0) is 18.4. The molecule has 1 amide bonds. The summed E-state index contributed by atoms with van der Waals surface area (Å²) in [5.41, 5.74) is 8.56. The van der Waals surface area contributed by atoms with Crippen molar-refractivity contribution in [2.24, 2.45) is 5.73 Å². The summed E-state index contributed by atoms with van der Waals surface area (Å²) in [5.74, 6) is 6.24. The van der Waals surface area contributed by atoms with Gasteiger partial charge in [-0.3, -0.25) is 4.79 Å². The number of nitrogens with two attached hydrogens (primary N) is 1. The van der Waals surface area contributed by atoms with Crippen LogP contribution in [0.4, 0.5) is 5.82 Å². The van der Waals surface area contributed by atoms with E-state index in [0.29, 0.717) is 11.5 Å². The Morgan fingerprint density at radius 2 is 1.81 bits per heavy atom. The molecular formula is C20H17N5O. The first-order valence-electron chi connectivity index (χ1n) is 8.03. The Morgan fingerprint density at radius 3 is 2.50 bits per heavy atom. The molecule has 0 saturated carbocycles. The monoisotopic (exact) mass is 343 g/mol. The maximum Gasteiger partial charge on any atom is 0.242 e. The van der Waals surface area contributed by atoms with Gasteiger partial charge in [-0.05, 0) is 37.1 Å². The highest BCUT2D eigenvalue weighted by molar-refractivity contribution is 5.93. The Hall–Kier alpha value is -3.56. The van der Waals surface area contributed by atoms with E-state index < -0.39 is 6.04 Å². The summed E-state index contributed by atoms with van der Waals surface area (Å²) >= 11 is 0. The fourth-order valence-electron chi connectivity index (χ4n) is 2.19. The highest BCUT2D eigenvalue weighted by atomic mass is 16.2. The first-order chi connectivity index (χ1) is 12.6. The summed E-state index contributed by atoms with van der Waals surface area (Å²) in [6.45, 7) is 1.61. The van der Waals surface area contributed by atoms with E-state index in [4.69, 9.17) is 5.73 Å². The van der Waals surface area contributed by atoms with Crippen LogP contribution >= 0.6 is 0 Å². The van der Waals surface area contributed by atoms with Crippen molar-refractivity contribution in [3.8, 4) is 23.0 Å². The zero-order valence-electron chi connectivity index (χ0n) is 14.2. The van der Waals surface area contributed by atoms with E-state index in [1.807, 2.05) is 36.4 Å². The molecule has 2 aromatic heterocycles. The molecule has 6 heteroatoms. The Bertz CT molecular complexity index is 960. The van der Waals surface area contributed by atoms with Gasteiger partial charge >= 0.3 is 0 Å². The van der Waals surface area contributed by atoms with E-state index in [9.17, 15) is 4.79 Å². The highest BCUT2D eigenvalue weighted by Crippen LogP contribution is 2.22. The average molecular weight is 343 g/mol. The van der Waals surface area contributed by atoms with Crippen LogP contribution in [0.3, 0.4) is 0 Å². The molecular weight excluding hydrogens is 326 g/mol. The van der Waals surface area contributed by atoms with Gasteiger partial charge in [0.1, 0.15) is 17.8 Å². The number of pyridine rings is 1. The number of hydrogen-bond donors (Lipinski definition) is 2. The van der Waals surface area contributed by atoms with Crippen molar-refractivity contribution in [2.75, 3.05) is 5.32 Å². The SMILES string of the molecule is CC(N)C(=O)Nc1ccc(-c2cncnc2)c(C#Cc2ccccc2)n1. The second-order valence-corrected chi connectivity index (χ2v) is 5.61. The third-order valence-electron chi connectivity index (χ3n) is 3.53. The molecule has 26 heavy (non-hydrogen) atoms. The van der Waals surface area contributed by atoms with Gasteiger partial charge in [-0.2, -0.15) is 0 Å². The molecule has 0 fully saturated rings. The lowest BCUT2D eigenvalue weighted by Crippen LogP contribution is -2.32. The molecule has 1 aromatic carbocycles. The van der Waals surface area contributed by atoms with Crippen molar-refractivity contribution in [1.29, 1.82) is 0 Å². The molecule has 3 aromatic rings. The van der Waals surface area contributed by atoms with Crippen molar-refractivity contribution >= 4 is 11.7 Å². The third kappa shape index (κ3) is 4.29. The lowest BCUT2D eigenvalue weighted by molar-refractivity contribution is -0.117. The number of amides is 1. The van der Waals surface area contributed by atoms with Crippen LogP contribution in [-0.4, -0.2) is 26.9 Å². The molecule has 3 rings (SSSR count). The molecule has 3 N–H and O–H groups in total. The Kier molecular flexibility index (Phi) is 5.32. The fraction of sp³-hybridized carbons (Fsp3) is 0.100. The Balaban J connectivity index is 2.02. The van der Waals surface area contributed by atoms with E-state index in [0.717, 1.165) is 16.7 Å². The molecule has 2 heterocycles. The lowest BCUT2D eigenvalue weighted by Gasteiger charge is -2.09. The van der Waals surface area contributed by atoms with Crippen molar-refractivity contribution in [3.63, 3.8) is 0 Å². The number of carbonyl (C=O) groups is 1. The molecule has 0 aliphatic heterocycles. The van der Waals surface area contributed by atoms with Crippen LogP contribution in [0, 0.1) is 11.8 Å². The first-order valence-corrected chi connectivity index (χ1v) is 8.03. The number of hydrogen-bond acceptors (Lipinski definition) is 5. The normalized spacial score (nSPS) is 11.2. The number of carbonyl (C=O) groups excluding carboxylic acids is 1. The van der Waals surface area contributed by atoms with Gasteiger partial charge in [-0.25, -0.2) is 15.0 Å². The molecule has 0 aliphatic carbocycles. The predicted molar refractivity (Wildman–Crippen MR) is 100.0 cm³/mol. The summed E-state index contributed by atoms with van der Waals surface area (Å²) in [6.07, 6.45) is 4.85. The molecule has 128 valence electrons. The van der Waals surface area contributed by atoms with Gasteiger partial charge in [-0.1, -0.05) is 24.1 Å². The minimum atomic E-state index is -0.627. The highest BCUT2D eigenvalue weighted by Gasteiger charge is 2.11. The maximum absolute atomic E-state index is 11.8. The van der Waals surface area contributed by atoms with Gasteiger partial charge in [0, 0.05) is 29.1 Å². The lowest BCUT2D eigenvalue weighted by atomic mass is 10.1. The predicted octanol–water partition coefficient (Wildman–Crippen LogP) is 2.22. The van der Waals surface area contributed by atoms with Gasteiger partial charge in [0.25, 0.3) is 0 Å². The van der Waals surface area contributed by atoms with Gasteiger partial charge in [0.05, 0.1) is 6.04 Å². The van der Waals surface area contributed by atoms with Crippen LogP contribution in [-0.2, 0) is 4.79 Å². The second kappa shape index (κ2) is 8.01. The number of anilines is 1. The number of aromatic nitrogens is 3. The largest absolute Gasteiger partial charge is 0.320 e. The maximum atomic E-state index is 11.8. The topological polar surface area (TPSA) is 93.8 Å². The van der Waals surface area contributed by atoms with Crippen molar-refractivity contribution in [3.05, 3.63) is 72.4 Å². The second-order valence-electron chi connectivity index (χ2n) is 5.61. The Morgan fingerprint density at radius 1 is 1.08 bits per heavy atom. The fourth-order valence-corrected chi connectivity index (χ4v) is 2.19. The molecule has 0 saturated heterocycles. The molecule has 1 unspecified atom stereocenters. The number of rotatable bonds is 3. The molecule has 6 nitrogen and oxygen atoms in total. The van der Waals surface area contributed by atoms with E-state index in [1.54, 1.807) is 25.4 Å². The molecule has 1 atom stereocenters. The number of benzene rings is 1. The molecule has 0 aliphatic rings. The first kappa shape index (κ1) is 17.3. The quantitative estimate of drug-likeness (QED) is 0.711. The summed E-state index contributed by atoms with van der Waals surface area (Å²) in [5, 5.41) is 2.68. The van der Waals surface area contributed by atoms with Crippen molar-refractivity contribution in [1.82, 2.24) is 15.0 Å². The number of nitrogens with zero attached hydrogens (tertiary/aromatic N) is 3. The van der Waals surface area contributed by atoms with E-state index >= 15 is 0 Å². The van der Waals surface area contributed by atoms with E-state index in [2.05, 4.69) is 32.1 Å². The van der Waals surface area contributed by atoms with Gasteiger partial charge in [0.2, 0.25) is 5.91 Å². The zero-order valence-corrected chi connectivity index (χ0v) is 14.2. The van der Waals surface area contributed by atoms with E-state index in [1.165, 1.54) is 6.33 Å². The van der Waals surface area contributed by atoms with Crippen molar-refractivity contribution in [2.45, 2.75) is 13.0 Å². The van der Waals surface area contributed by atoms with Gasteiger partial charge < -0.3 is 11.1 Å². The summed E-state index contributed by atoms with van der Waals surface area (Å²) in [6, 6.07) is 12.5. The minimum absolute atomic E-state index is 0.310. The smallest absolute Gasteiger partial charge is 0.242 e. The number of nitrogens with one attached hydrogen (secondary N) is 1. The molecule has 0 spiro atoms. The summed E-state index contributed by atoms with van der Waals surface area (Å²) in [4.78, 5) is 24.4. The standard InChI is InChI=1S/C20H17N5O/c1-14(21)20(26)25-19-10-8-17(16-11-22-13-23-12-16)18(24-19)9-7-15-5-3-2-4-6-15/h2-6,8,10-14H,21H2,1H3,(H,24,25,26). The van der Waals surface area contributed by atoms with Crippen LogP contribution in [0.15, 0.2) is 61.2 Å². The molecule has 0 radical (unpaired) electrons. The van der Waals surface area contributed by atoms with Crippen LogP contribution in [0.25, 0.3) is 11.1 Å². The average Bonchev–Trinajstić information content (AvgIpc) is 2.68. The Labute approximate surface area is 151 Å². The van der Waals surface area contributed by atoms with Crippen LogP contribution in [0.1, 0.15) is 18.2 Å². The van der Waals surface area contributed by atoms with Gasteiger partial charge in [-0.15, -0.1) is 0 Å². The van der Waals surface area contributed by atoms with Crippen LogP contribution < -0.4 is 11.1 Å². The minimum Gasteiger partial charge on any atom is -0.320 e. The van der Waals surface area contributed by atoms with E-state index in [-0.39, 0.29) is 5.91 Å². The summed E-state index contributed by atoms with van der Waals surface area (Å²) in [7, 11) is 0.